The second-order valence-electron chi connectivity index (χ2n) is 4.03. The highest BCUT2D eigenvalue weighted by Crippen LogP contribution is 2.13. The lowest BCUT2D eigenvalue weighted by molar-refractivity contribution is 0.482. The number of nitrogens with two attached hydrogens (primary N) is 1. The predicted molar refractivity (Wildman–Crippen MR) is 61.8 cm³/mol. The number of hydrogen-bond acceptors (Lipinski definition) is 4. The first kappa shape index (κ1) is 10.4. The van der Waals surface area contributed by atoms with Gasteiger partial charge in [-0.2, -0.15) is 0 Å². The number of aromatic nitrogens is 1. The monoisotopic (exact) mass is 206 g/mol. The minimum absolute atomic E-state index is 0.537. The highest BCUT2D eigenvalue weighted by atomic mass is 15.2. The Kier molecular flexibility index (Phi) is 3.18. The molecule has 0 bridgehead atoms. The van der Waals surface area contributed by atoms with Crippen molar-refractivity contribution in [2.75, 3.05) is 24.5 Å². The van der Waals surface area contributed by atoms with Gasteiger partial charge in [-0.3, -0.25) is 0 Å². The normalized spacial score (nSPS) is 21.7. The summed E-state index contributed by atoms with van der Waals surface area (Å²) < 4.78 is 0. The number of piperazine rings is 1. The van der Waals surface area contributed by atoms with Crippen molar-refractivity contribution in [2.45, 2.75) is 19.5 Å². The van der Waals surface area contributed by atoms with Gasteiger partial charge in [-0.05, 0) is 18.6 Å². The molecule has 82 valence electrons. The summed E-state index contributed by atoms with van der Waals surface area (Å²) in [6.07, 6.45) is 1.86. The Hall–Kier alpha value is -1.13. The zero-order valence-electron chi connectivity index (χ0n) is 9.11. The molecule has 0 aliphatic carbocycles. The van der Waals surface area contributed by atoms with Crippen molar-refractivity contribution in [3.8, 4) is 0 Å². The van der Waals surface area contributed by atoms with Crippen molar-refractivity contribution in [3.63, 3.8) is 0 Å². The van der Waals surface area contributed by atoms with E-state index in [2.05, 4.69) is 34.3 Å². The van der Waals surface area contributed by atoms with Crippen molar-refractivity contribution in [1.82, 2.24) is 10.3 Å². The zero-order chi connectivity index (χ0) is 10.7. The van der Waals surface area contributed by atoms with E-state index in [1.807, 2.05) is 6.20 Å². The molecule has 0 unspecified atom stereocenters. The molecule has 15 heavy (non-hydrogen) atoms. The highest BCUT2D eigenvalue weighted by Gasteiger charge is 2.16. The van der Waals surface area contributed by atoms with E-state index in [9.17, 15) is 0 Å². The SMILES string of the molecule is C[C@H]1CN(c2ccc(CN)cn2)CCN1. The van der Waals surface area contributed by atoms with Crippen LogP contribution in [0.1, 0.15) is 12.5 Å². The number of rotatable bonds is 2. The third-order valence-electron chi connectivity index (χ3n) is 2.74. The molecule has 1 aromatic heterocycles. The van der Waals surface area contributed by atoms with Crippen molar-refractivity contribution in [3.05, 3.63) is 23.9 Å². The van der Waals surface area contributed by atoms with Gasteiger partial charge in [0.1, 0.15) is 5.82 Å². The number of nitrogens with one attached hydrogen (secondary N) is 1. The molecule has 1 saturated heterocycles. The number of pyridine rings is 1. The maximum Gasteiger partial charge on any atom is 0.128 e. The molecule has 0 aromatic carbocycles. The number of hydrogen-bond donors (Lipinski definition) is 2. The van der Waals surface area contributed by atoms with Crippen LogP contribution >= 0.6 is 0 Å². The lowest BCUT2D eigenvalue weighted by atomic mass is 10.2. The molecule has 1 atom stereocenters. The largest absolute Gasteiger partial charge is 0.354 e. The second kappa shape index (κ2) is 4.59. The standard InChI is InChI=1S/C11H18N4/c1-9-8-15(5-4-13-9)11-3-2-10(6-12)7-14-11/h2-3,7,9,13H,4-6,8,12H2,1H3/t9-/m0/s1. The smallest absolute Gasteiger partial charge is 0.128 e. The van der Waals surface area contributed by atoms with Crippen molar-refractivity contribution < 1.29 is 0 Å². The van der Waals surface area contributed by atoms with E-state index >= 15 is 0 Å². The minimum atomic E-state index is 0.537. The fourth-order valence-electron chi connectivity index (χ4n) is 1.86. The summed E-state index contributed by atoms with van der Waals surface area (Å²) in [6.45, 7) is 5.83. The van der Waals surface area contributed by atoms with E-state index in [4.69, 9.17) is 5.73 Å². The Labute approximate surface area is 90.5 Å². The molecule has 1 aliphatic heterocycles. The van der Waals surface area contributed by atoms with Gasteiger partial charge in [0.2, 0.25) is 0 Å². The molecule has 2 rings (SSSR count). The zero-order valence-corrected chi connectivity index (χ0v) is 9.11. The van der Waals surface area contributed by atoms with Gasteiger partial charge in [0, 0.05) is 38.4 Å². The van der Waals surface area contributed by atoms with Gasteiger partial charge in [-0.25, -0.2) is 4.98 Å². The van der Waals surface area contributed by atoms with Crippen LogP contribution in [-0.2, 0) is 6.54 Å². The molecule has 1 fully saturated rings. The van der Waals surface area contributed by atoms with E-state index in [1.54, 1.807) is 0 Å². The average Bonchev–Trinajstić information content (AvgIpc) is 2.29. The van der Waals surface area contributed by atoms with E-state index < -0.39 is 0 Å². The second-order valence-corrected chi connectivity index (χ2v) is 4.03. The van der Waals surface area contributed by atoms with Gasteiger partial charge in [0.15, 0.2) is 0 Å². The van der Waals surface area contributed by atoms with Crippen LogP contribution in [0.4, 0.5) is 5.82 Å². The molecule has 1 aliphatic rings. The van der Waals surface area contributed by atoms with Crippen LogP contribution in [-0.4, -0.2) is 30.7 Å². The lowest BCUT2D eigenvalue weighted by Gasteiger charge is -2.32. The topological polar surface area (TPSA) is 54.2 Å². The Morgan fingerprint density at radius 1 is 1.60 bits per heavy atom. The average molecular weight is 206 g/mol. The van der Waals surface area contributed by atoms with E-state index in [1.165, 1.54) is 0 Å². The van der Waals surface area contributed by atoms with Crippen LogP contribution in [0.15, 0.2) is 18.3 Å². The van der Waals surface area contributed by atoms with Crippen LogP contribution in [0.5, 0.6) is 0 Å². The van der Waals surface area contributed by atoms with Crippen molar-refractivity contribution in [1.29, 1.82) is 0 Å². The number of nitrogens with zero attached hydrogens (tertiary/aromatic N) is 2. The van der Waals surface area contributed by atoms with Crippen molar-refractivity contribution >= 4 is 5.82 Å². The van der Waals surface area contributed by atoms with Crippen LogP contribution in [0.25, 0.3) is 0 Å². The Balaban J connectivity index is 2.07. The van der Waals surface area contributed by atoms with Gasteiger partial charge in [0.25, 0.3) is 0 Å². The van der Waals surface area contributed by atoms with Crippen LogP contribution in [0.2, 0.25) is 0 Å². The minimum Gasteiger partial charge on any atom is -0.354 e. The maximum atomic E-state index is 5.54. The molecule has 4 nitrogen and oxygen atoms in total. The summed E-state index contributed by atoms with van der Waals surface area (Å²) in [5, 5.41) is 3.41. The molecule has 1 aromatic rings. The molecule has 3 N–H and O–H groups in total. The predicted octanol–water partition coefficient (Wildman–Crippen LogP) is 0.338. The third-order valence-corrected chi connectivity index (χ3v) is 2.74. The first-order valence-corrected chi connectivity index (χ1v) is 5.43. The molecule has 4 heteroatoms. The van der Waals surface area contributed by atoms with Gasteiger partial charge in [-0.1, -0.05) is 6.07 Å². The fraction of sp³-hybridized carbons (Fsp3) is 0.545. The summed E-state index contributed by atoms with van der Waals surface area (Å²) in [5.74, 6) is 1.06. The highest BCUT2D eigenvalue weighted by molar-refractivity contribution is 5.40. The third kappa shape index (κ3) is 2.46. The molecule has 0 radical (unpaired) electrons. The first-order chi connectivity index (χ1) is 7.29. The Morgan fingerprint density at radius 2 is 2.47 bits per heavy atom. The van der Waals surface area contributed by atoms with Crippen LogP contribution in [0, 0.1) is 0 Å². The summed E-state index contributed by atoms with van der Waals surface area (Å²) in [4.78, 5) is 6.73. The molecule has 0 amide bonds. The molecule has 0 saturated carbocycles. The van der Waals surface area contributed by atoms with E-state index in [0.717, 1.165) is 31.0 Å². The van der Waals surface area contributed by atoms with Crippen LogP contribution in [0.3, 0.4) is 0 Å². The van der Waals surface area contributed by atoms with Gasteiger partial charge < -0.3 is 16.0 Å². The maximum absolute atomic E-state index is 5.54. The van der Waals surface area contributed by atoms with Crippen molar-refractivity contribution in [2.24, 2.45) is 5.73 Å². The summed E-state index contributed by atoms with van der Waals surface area (Å²) in [6, 6.07) is 4.64. The first-order valence-electron chi connectivity index (χ1n) is 5.43. The Morgan fingerprint density at radius 3 is 3.07 bits per heavy atom. The molecular formula is C11H18N4. The molecular weight excluding hydrogens is 188 g/mol. The van der Waals surface area contributed by atoms with E-state index in [-0.39, 0.29) is 0 Å². The van der Waals surface area contributed by atoms with Gasteiger partial charge >= 0.3 is 0 Å². The summed E-state index contributed by atoms with van der Waals surface area (Å²) >= 11 is 0. The Bertz CT molecular complexity index is 309. The molecule has 2 heterocycles. The number of anilines is 1. The van der Waals surface area contributed by atoms with Gasteiger partial charge in [0.05, 0.1) is 0 Å². The van der Waals surface area contributed by atoms with Gasteiger partial charge in [-0.15, -0.1) is 0 Å². The lowest BCUT2D eigenvalue weighted by Crippen LogP contribution is -2.49. The summed E-state index contributed by atoms with van der Waals surface area (Å²) in [7, 11) is 0. The fourth-order valence-corrected chi connectivity index (χ4v) is 1.86. The summed E-state index contributed by atoms with van der Waals surface area (Å²) in [5.41, 5.74) is 6.62. The quantitative estimate of drug-likeness (QED) is 0.732. The van der Waals surface area contributed by atoms with E-state index in [0.29, 0.717) is 12.6 Å². The van der Waals surface area contributed by atoms with Crippen LogP contribution < -0.4 is 16.0 Å². The molecule has 0 spiro atoms.